The van der Waals surface area contributed by atoms with E-state index >= 15 is 0 Å². The van der Waals surface area contributed by atoms with Crippen LogP contribution in [0.25, 0.3) is 0 Å². The fourth-order valence-corrected chi connectivity index (χ4v) is 2.49. The van der Waals surface area contributed by atoms with Crippen LogP contribution >= 0.6 is 39.1 Å². The summed E-state index contributed by atoms with van der Waals surface area (Å²) < 4.78 is 14.0. The molecular weight excluding hydrogens is 366 g/mol. The minimum atomic E-state index is -0.357. The maximum atomic E-state index is 13.3. The molecule has 0 saturated heterocycles. The lowest BCUT2D eigenvalue weighted by Gasteiger charge is -2.20. The zero-order chi connectivity index (χ0) is 14.7. The number of rotatable bonds is 4. The van der Waals surface area contributed by atoms with Crippen LogP contribution < -0.4 is 11.1 Å². The average molecular weight is 378 g/mol. The van der Waals surface area contributed by atoms with Crippen molar-refractivity contribution >= 4 is 44.8 Å². The number of hydrogen-bond donors (Lipinski definition) is 2. The van der Waals surface area contributed by atoms with Crippen LogP contribution in [-0.4, -0.2) is 6.54 Å². The van der Waals surface area contributed by atoms with Gasteiger partial charge in [-0.15, -0.1) is 0 Å². The van der Waals surface area contributed by atoms with E-state index in [1.165, 1.54) is 18.2 Å². The Balaban J connectivity index is 2.28. The van der Waals surface area contributed by atoms with Crippen LogP contribution in [0.5, 0.6) is 0 Å². The van der Waals surface area contributed by atoms with Crippen molar-refractivity contribution in [1.29, 1.82) is 0 Å². The smallest absolute Gasteiger partial charge is 0.125 e. The number of nitrogens with two attached hydrogens (primary N) is 1. The average Bonchev–Trinajstić information content (AvgIpc) is 2.43. The predicted molar refractivity (Wildman–Crippen MR) is 86.0 cm³/mol. The Labute approximate surface area is 135 Å². The van der Waals surface area contributed by atoms with Crippen molar-refractivity contribution in [3.8, 4) is 0 Å². The van der Waals surface area contributed by atoms with E-state index in [-0.39, 0.29) is 11.9 Å². The zero-order valence-electron chi connectivity index (χ0n) is 10.3. The zero-order valence-corrected chi connectivity index (χ0v) is 13.4. The number of halogens is 4. The quantitative estimate of drug-likeness (QED) is 0.786. The molecule has 6 heteroatoms. The summed E-state index contributed by atoms with van der Waals surface area (Å²) in [5.41, 5.74) is 7.22. The Bertz CT molecular complexity index is 622. The summed E-state index contributed by atoms with van der Waals surface area (Å²) >= 11 is 15.4. The molecule has 20 heavy (non-hydrogen) atoms. The molecule has 0 aliphatic rings. The summed E-state index contributed by atoms with van der Waals surface area (Å²) in [7, 11) is 0. The lowest BCUT2D eigenvalue weighted by molar-refractivity contribution is 0.627. The van der Waals surface area contributed by atoms with Crippen molar-refractivity contribution in [2.75, 3.05) is 11.9 Å². The predicted octanol–water partition coefficient (Wildman–Crippen LogP) is 5.01. The molecule has 0 aromatic heterocycles. The standard InChI is InChI=1S/C14H12BrCl2FN2/c15-10-5-8(1-3-11(10)16)14(7-19)20-13-6-9(18)2-4-12(13)17/h1-6,14,20H,7,19H2. The highest BCUT2D eigenvalue weighted by Gasteiger charge is 2.13. The highest BCUT2D eigenvalue weighted by Crippen LogP contribution is 2.30. The Kier molecular flexibility index (Phi) is 5.27. The molecule has 0 aliphatic heterocycles. The van der Waals surface area contributed by atoms with E-state index in [0.29, 0.717) is 22.3 Å². The van der Waals surface area contributed by atoms with Crippen molar-refractivity contribution in [1.82, 2.24) is 0 Å². The molecule has 0 aliphatic carbocycles. The van der Waals surface area contributed by atoms with E-state index in [0.717, 1.165) is 10.0 Å². The summed E-state index contributed by atoms with van der Waals surface area (Å²) in [6.45, 7) is 0.334. The van der Waals surface area contributed by atoms with Gasteiger partial charge in [0.2, 0.25) is 0 Å². The maximum Gasteiger partial charge on any atom is 0.125 e. The van der Waals surface area contributed by atoms with Gasteiger partial charge in [-0.2, -0.15) is 0 Å². The van der Waals surface area contributed by atoms with Crippen LogP contribution in [-0.2, 0) is 0 Å². The second-order valence-corrected chi connectivity index (χ2v) is 5.90. The third-order valence-corrected chi connectivity index (χ3v) is 4.38. The maximum absolute atomic E-state index is 13.3. The second-order valence-electron chi connectivity index (χ2n) is 4.23. The van der Waals surface area contributed by atoms with Gasteiger partial charge < -0.3 is 11.1 Å². The van der Waals surface area contributed by atoms with Gasteiger partial charge in [-0.05, 0) is 51.8 Å². The molecule has 0 fully saturated rings. The molecule has 0 spiro atoms. The summed E-state index contributed by atoms with van der Waals surface area (Å²) in [4.78, 5) is 0. The second kappa shape index (κ2) is 6.76. The van der Waals surface area contributed by atoms with Crippen molar-refractivity contribution in [2.45, 2.75) is 6.04 Å². The van der Waals surface area contributed by atoms with E-state index < -0.39 is 0 Å². The van der Waals surface area contributed by atoms with Crippen LogP contribution in [0.2, 0.25) is 10.0 Å². The SMILES string of the molecule is NCC(Nc1cc(F)ccc1Cl)c1ccc(Cl)c(Br)c1. The van der Waals surface area contributed by atoms with Gasteiger partial charge in [-0.3, -0.25) is 0 Å². The number of anilines is 1. The molecule has 2 aromatic rings. The molecule has 0 heterocycles. The van der Waals surface area contributed by atoms with Gasteiger partial charge in [0.15, 0.2) is 0 Å². The molecule has 0 saturated carbocycles. The van der Waals surface area contributed by atoms with Crippen LogP contribution in [0.1, 0.15) is 11.6 Å². The summed E-state index contributed by atoms with van der Waals surface area (Å²) in [6, 6.07) is 9.48. The number of nitrogens with one attached hydrogen (secondary N) is 1. The van der Waals surface area contributed by atoms with E-state index in [9.17, 15) is 4.39 Å². The lowest BCUT2D eigenvalue weighted by Crippen LogP contribution is -2.20. The normalized spacial score (nSPS) is 12.2. The van der Waals surface area contributed by atoms with Gasteiger partial charge in [0.25, 0.3) is 0 Å². The number of benzene rings is 2. The van der Waals surface area contributed by atoms with Crippen LogP contribution in [0.3, 0.4) is 0 Å². The highest BCUT2D eigenvalue weighted by molar-refractivity contribution is 9.10. The molecule has 106 valence electrons. The Morgan fingerprint density at radius 1 is 1.15 bits per heavy atom. The first-order valence-corrected chi connectivity index (χ1v) is 7.42. The largest absolute Gasteiger partial charge is 0.376 e. The van der Waals surface area contributed by atoms with Crippen LogP contribution in [0.4, 0.5) is 10.1 Å². The molecule has 2 nitrogen and oxygen atoms in total. The van der Waals surface area contributed by atoms with Gasteiger partial charge in [-0.25, -0.2) is 4.39 Å². The summed E-state index contributed by atoms with van der Waals surface area (Å²) in [5, 5.41) is 4.20. The molecule has 0 bridgehead atoms. The Morgan fingerprint density at radius 3 is 2.50 bits per heavy atom. The van der Waals surface area contributed by atoms with Gasteiger partial charge in [0.05, 0.1) is 21.8 Å². The Hall–Kier alpha value is -0.810. The van der Waals surface area contributed by atoms with Crippen molar-refractivity contribution in [3.63, 3.8) is 0 Å². The van der Waals surface area contributed by atoms with Gasteiger partial charge in [-0.1, -0.05) is 29.3 Å². The third-order valence-electron chi connectivity index (χ3n) is 2.84. The molecule has 0 radical (unpaired) electrons. The van der Waals surface area contributed by atoms with Gasteiger partial charge >= 0.3 is 0 Å². The molecular formula is C14H12BrCl2FN2. The fourth-order valence-electron chi connectivity index (χ4n) is 1.80. The summed E-state index contributed by atoms with van der Waals surface area (Å²) in [5.74, 6) is -0.357. The van der Waals surface area contributed by atoms with Crippen molar-refractivity contribution < 1.29 is 4.39 Å². The first-order chi connectivity index (χ1) is 9.51. The topological polar surface area (TPSA) is 38.0 Å². The van der Waals surface area contributed by atoms with Gasteiger partial charge in [0.1, 0.15) is 5.82 Å². The van der Waals surface area contributed by atoms with E-state index in [4.69, 9.17) is 28.9 Å². The fraction of sp³-hybridized carbons (Fsp3) is 0.143. The third kappa shape index (κ3) is 3.64. The van der Waals surface area contributed by atoms with Crippen molar-refractivity contribution in [3.05, 3.63) is 62.3 Å². The lowest BCUT2D eigenvalue weighted by atomic mass is 10.1. The van der Waals surface area contributed by atoms with Crippen LogP contribution in [0.15, 0.2) is 40.9 Å². The first-order valence-electron chi connectivity index (χ1n) is 5.88. The van der Waals surface area contributed by atoms with Crippen molar-refractivity contribution in [2.24, 2.45) is 5.73 Å². The molecule has 1 atom stereocenters. The minimum absolute atomic E-state index is 0.192. The van der Waals surface area contributed by atoms with E-state index in [1.807, 2.05) is 12.1 Å². The molecule has 2 aromatic carbocycles. The highest BCUT2D eigenvalue weighted by atomic mass is 79.9. The first kappa shape index (κ1) is 15.6. The van der Waals surface area contributed by atoms with E-state index in [2.05, 4.69) is 21.2 Å². The Morgan fingerprint density at radius 2 is 1.85 bits per heavy atom. The molecule has 0 amide bonds. The molecule has 2 rings (SSSR count). The van der Waals surface area contributed by atoms with E-state index in [1.54, 1.807) is 6.07 Å². The number of hydrogen-bond acceptors (Lipinski definition) is 2. The minimum Gasteiger partial charge on any atom is -0.376 e. The summed E-state index contributed by atoms with van der Waals surface area (Å²) in [6.07, 6.45) is 0. The van der Waals surface area contributed by atoms with Gasteiger partial charge in [0, 0.05) is 11.0 Å². The monoisotopic (exact) mass is 376 g/mol. The molecule has 3 N–H and O–H groups in total. The molecule has 1 unspecified atom stereocenters. The van der Waals surface area contributed by atoms with Crippen LogP contribution in [0, 0.1) is 5.82 Å².